The van der Waals surface area contributed by atoms with E-state index in [1.54, 1.807) is 14.2 Å². The monoisotopic (exact) mass is 538 g/mol. The van der Waals surface area contributed by atoms with Gasteiger partial charge in [-0.25, -0.2) is 5.01 Å². The van der Waals surface area contributed by atoms with Gasteiger partial charge in [0.1, 0.15) is 18.0 Å². The normalized spacial score (nSPS) is 20.1. The molecular formula is C29H29F3N4O3. The summed E-state index contributed by atoms with van der Waals surface area (Å²) >= 11 is 0. The summed E-state index contributed by atoms with van der Waals surface area (Å²) in [6.07, 6.45) is 0.0587. The predicted octanol–water partition coefficient (Wildman–Crippen LogP) is 6.05. The average molecular weight is 539 g/mol. The Morgan fingerprint density at radius 3 is 2.28 bits per heavy atom. The van der Waals surface area contributed by atoms with Crippen LogP contribution in [0.5, 0.6) is 11.5 Å². The first-order chi connectivity index (χ1) is 18.7. The SMILES string of the molecule is COc1ccc(/C=C2/CCC[C@@H]3C2=NN(C(=O)Cn2nc(C(F)(F)F)cc2C)[C@H]3c2ccc(OC)cc2)cc1. The van der Waals surface area contributed by atoms with Crippen molar-refractivity contribution in [2.45, 2.75) is 44.9 Å². The first-order valence-corrected chi connectivity index (χ1v) is 12.7. The number of halogens is 3. The predicted molar refractivity (Wildman–Crippen MR) is 140 cm³/mol. The first-order valence-electron chi connectivity index (χ1n) is 12.7. The molecule has 39 heavy (non-hydrogen) atoms. The van der Waals surface area contributed by atoms with Gasteiger partial charge in [0.05, 0.1) is 26.0 Å². The van der Waals surface area contributed by atoms with E-state index in [4.69, 9.17) is 14.6 Å². The first kappa shape index (κ1) is 26.5. The van der Waals surface area contributed by atoms with Crippen LogP contribution >= 0.6 is 0 Å². The van der Waals surface area contributed by atoms with Crippen molar-refractivity contribution < 1.29 is 27.4 Å². The molecule has 1 aliphatic heterocycles. The highest BCUT2D eigenvalue weighted by Gasteiger charge is 2.44. The fourth-order valence-electron chi connectivity index (χ4n) is 5.25. The molecule has 2 aromatic carbocycles. The zero-order valence-corrected chi connectivity index (χ0v) is 21.9. The zero-order chi connectivity index (χ0) is 27.7. The van der Waals surface area contributed by atoms with Crippen LogP contribution in [0.3, 0.4) is 0 Å². The van der Waals surface area contributed by atoms with Crippen molar-refractivity contribution in [3.63, 3.8) is 0 Å². The second-order valence-corrected chi connectivity index (χ2v) is 9.71. The molecule has 3 aromatic rings. The number of aromatic nitrogens is 2. The molecule has 7 nitrogen and oxygen atoms in total. The molecule has 1 fully saturated rings. The molecule has 10 heteroatoms. The number of alkyl halides is 3. The van der Waals surface area contributed by atoms with Gasteiger partial charge >= 0.3 is 6.18 Å². The van der Waals surface area contributed by atoms with Crippen molar-refractivity contribution in [1.29, 1.82) is 0 Å². The van der Waals surface area contributed by atoms with Gasteiger partial charge in [-0.2, -0.15) is 23.4 Å². The third-order valence-electron chi connectivity index (χ3n) is 7.23. The number of hydrazone groups is 1. The average Bonchev–Trinajstić information content (AvgIpc) is 3.50. The molecule has 1 aliphatic carbocycles. The Labute approximate surface area is 224 Å². The van der Waals surface area contributed by atoms with Crippen molar-refractivity contribution >= 4 is 17.7 Å². The number of hydrogen-bond acceptors (Lipinski definition) is 5. The smallest absolute Gasteiger partial charge is 0.435 e. The van der Waals surface area contributed by atoms with Crippen molar-refractivity contribution in [3.8, 4) is 11.5 Å². The highest BCUT2D eigenvalue weighted by Crippen LogP contribution is 2.45. The van der Waals surface area contributed by atoms with E-state index in [1.165, 1.54) is 11.9 Å². The van der Waals surface area contributed by atoms with Crippen LogP contribution in [0, 0.1) is 12.8 Å². The standard InChI is InChI=1S/C29H29F3N4O3/c1-18-15-25(29(30,31)32)33-35(18)17-26(37)36-28(20-9-13-23(39-3)14-10-20)24-6-4-5-21(27(24)34-36)16-19-7-11-22(38-2)12-8-19/h7-16,24,28H,4-6,17H2,1-3H3/b21-16-/t24-,28+/m1/s1. The zero-order valence-electron chi connectivity index (χ0n) is 21.9. The van der Waals surface area contributed by atoms with Gasteiger partial charge in [0, 0.05) is 11.6 Å². The van der Waals surface area contributed by atoms with Crippen molar-refractivity contribution in [1.82, 2.24) is 14.8 Å². The van der Waals surface area contributed by atoms with Gasteiger partial charge in [-0.1, -0.05) is 24.3 Å². The molecule has 204 valence electrons. The summed E-state index contributed by atoms with van der Waals surface area (Å²) in [5.41, 5.74) is 2.98. The quantitative estimate of drug-likeness (QED) is 0.383. The minimum Gasteiger partial charge on any atom is -0.497 e. The van der Waals surface area contributed by atoms with Crippen molar-refractivity contribution in [2.75, 3.05) is 14.2 Å². The van der Waals surface area contributed by atoms with E-state index in [0.717, 1.165) is 58.2 Å². The molecule has 0 unspecified atom stereocenters. The fraction of sp³-hybridized carbons (Fsp3) is 0.345. The summed E-state index contributed by atoms with van der Waals surface area (Å²) in [6.45, 7) is 1.15. The van der Waals surface area contributed by atoms with Crippen LogP contribution in [0.4, 0.5) is 13.2 Å². The van der Waals surface area contributed by atoms with Gasteiger partial charge in [0.25, 0.3) is 5.91 Å². The van der Waals surface area contributed by atoms with Gasteiger partial charge < -0.3 is 9.47 Å². The summed E-state index contributed by atoms with van der Waals surface area (Å²) in [5.74, 6) is 0.966. The molecule has 2 heterocycles. The number of methoxy groups -OCH3 is 2. The number of amides is 1. The Morgan fingerprint density at radius 2 is 1.69 bits per heavy atom. The van der Waals surface area contributed by atoms with Gasteiger partial charge in [0.2, 0.25) is 0 Å². The molecule has 2 aliphatic rings. The Kier molecular flexibility index (Phi) is 7.20. The Hall–Kier alpha value is -4.08. The highest BCUT2D eigenvalue weighted by atomic mass is 19.4. The van der Waals surface area contributed by atoms with E-state index in [1.807, 2.05) is 48.5 Å². The van der Waals surface area contributed by atoms with Crippen LogP contribution in [0.1, 0.15) is 47.8 Å². The summed E-state index contributed by atoms with van der Waals surface area (Å²) in [7, 11) is 3.20. The Morgan fingerprint density at radius 1 is 1.05 bits per heavy atom. The number of benzene rings is 2. The van der Waals surface area contributed by atoms with Crippen LogP contribution in [0.2, 0.25) is 0 Å². The van der Waals surface area contributed by atoms with Gasteiger partial charge in [-0.15, -0.1) is 0 Å². The second kappa shape index (κ2) is 10.6. The van der Waals surface area contributed by atoms with E-state index in [2.05, 4.69) is 11.2 Å². The second-order valence-electron chi connectivity index (χ2n) is 9.71. The molecule has 0 radical (unpaired) electrons. The third kappa shape index (κ3) is 5.41. The molecule has 1 saturated carbocycles. The van der Waals surface area contributed by atoms with Crippen LogP contribution in [0.15, 0.2) is 65.3 Å². The van der Waals surface area contributed by atoms with Gasteiger partial charge in [-0.3, -0.25) is 9.48 Å². The lowest BCUT2D eigenvalue weighted by Crippen LogP contribution is -2.34. The van der Waals surface area contributed by atoms with Crippen LogP contribution < -0.4 is 9.47 Å². The molecule has 0 spiro atoms. The molecule has 2 atom stereocenters. The van der Waals surface area contributed by atoms with Crippen LogP contribution in [-0.2, 0) is 17.5 Å². The minimum absolute atomic E-state index is 0.0509. The maximum atomic E-state index is 13.6. The molecule has 0 bridgehead atoms. The van der Waals surface area contributed by atoms with E-state index in [-0.39, 0.29) is 18.2 Å². The van der Waals surface area contributed by atoms with E-state index in [0.29, 0.717) is 5.75 Å². The largest absolute Gasteiger partial charge is 0.497 e. The Bertz CT molecular complexity index is 1410. The maximum Gasteiger partial charge on any atom is 0.435 e. The minimum atomic E-state index is -4.59. The molecule has 1 amide bonds. The number of allylic oxidation sites excluding steroid dienone is 1. The molecular weight excluding hydrogens is 509 g/mol. The van der Waals surface area contributed by atoms with Gasteiger partial charge in [-0.05, 0) is 79.3 Å². The molecule has 0 N–H and O–H groups in total. The Balaban J connectivity index is 1.50. The lowest BCUT2D eigenvalue weighted by Gasteiger charge is -2.29. The van der Waals surface area contributed by atoms with Gasteiger partial charge in [0.15, 0.2) is 5.69 Å². The summed E-state index contributed by atoms with van der Waals surface area (Å²) in [5, 5.41) is 9.90. The number of hydrogen-bond donors (Lipinski definition) is 0. The molecule has 1 aromatic heterocycles. The number of ether oxygens (including phenoxy) is 2. The number of nitrogens with zero attached hydrogens (tertiary/aromatic N) is 4. The van der Waals surface area contributed by atoms with Crippen molar-refractivity contribution in [3.05, 3.63) is 82.7 Å². The maximum absolute atomic E-state index is 13.6. The van der Waals surface area contributed by atoms with E-state index < -0.39 is 23.8 Å². The number of carbonyl (C=O) groups is 1. The van der Waals surface area contributed by atoms with Crippen LogP contribution in [0.25, 0.3) is 6.08 Å². The topological polar surface area (TPSA) is 69.0 Å². The highest BCUT2D eigenvalue weighted by molar-refractivity contribution is 6.08. The lowest BCUT2D eigenvalue weighted by molar-refractivity contribution is -0.142. The van der Waals surface area contributed by atoms with E-state index >= 15 is 0 Å². The van der Waals surface area contributed by atoms with Crippen LogP contribution in [-0.4, -0.2) is 40.6 Å². The summed E-state index contributed by atoms with van der Waals surface area (Å²) in [4.78, 5) is 13.6. The fourth-order valence-corrected chi connectivity index (χ4v) is 5.25. The summed E-state index contributed by atoms with van der Waals surface area (Å²) < 4.78 is 51.3. The summed E-state index contributed by atoms with van der Waals surface area (Å²) in [6, 6.07) is 15.7. The lowest BCUT2D eigenvalue weighted by atomic mass is 9.77. The van der Waals surface area contributed by atoms with E-state index in [9.17, 15) is 18.0 Å². The number of rotatable bonds is 6. The van der Waals surface area contributed by atoms with Crippen molar-refractivity contribution in [2.24, 2.45) is 11.0 Å². The molecule has 0 saturated heterocycles. The number of fused-ring (bicyclic) bond motifs is 1. The third-order valence-corrected chi connectivity index (χ3v) is 7.23. The molecule has 5 rings (SSSR count). The number of aryl methyl sites for hydroxylation is 1. The number of carbonyl (C=O) groups excluding carboxylic acids is 1.